The Labute approximate surface area is 135 Å². The number of hydrogen-bond acceptors (Lipinski definition) is 6. The number of anilines is 1. The number of hydrogen-bond donors (Lipinski definition) is 0. The Bertz CT molecular complexity index is 700. The Morgan fingerprint density at radius 3 is 3.13 bits per heavy atom. The number of aromatic nitrogens is 5. The zero-order valence-corrected chi connectivity index (χ0v) is 13.6. The van der Waals surface area contributed by atoms with Gasteiger partial charge in [-0.1, -0.05) is 18.6 Å². The van der Waals surface area contributed by atoms with Crippen molar-refractivity contribution in [1.29, 1.82) is 0 Å². The monoisotopic (exact) mass is 314 g/mol. The summed E-state index contributed by atoms with van der Waals surface area (Å²) in [6.45, 7) is 6.56. The lowest BCUT2D eigenvalue weighted by Crippen LogP contribution is -2.48. The maximum atomic E-state index is 5.98. The van der Waals surface area contributed by atoms with Gasteiger partial charge >= 0.3 is 0 Å². The van der Waals surface area contributed by atoms with Gasteiger partial charge in [-0.2, -0.15) is 0 Å². The van der Waals surface area contributed by atoms with E-state index >= 15 is 0 Å². The summed E-state index contributed by atoms with van der Waals surface area (Å²) in [7, 11) is 0. The van der Waals surface area contributed by atoms with Crippen LogP contribution in [0, 0.1) is 6.92 Å². The van der Waals surface area contributed by atoms with E-state index < -0.39 is 0 Å². The highest BCUT2D eigenvalue weighted by molar-refractivity contribution is 5.41. The van der Waals surface area contributed by atoms with Crippen LogP contribution < -0.4 is 4.90 Å². The maximum absolute atomic E-state index is 5.98. The molecule has 122 valence electrons. The molecule has 0 aliphatic carbocycles. The minimum atomic E-state index is 0.208. The van der Waals surface area contributed by atoms with E-state index in [-0.39, 0.29) is 12.1 Å². The number of nitrogens with zero attached hydrogens (tertiary/aromatic N) is 6. The smallest absolute Gasteiger partial charge is 0.132 e. The van der Waals surface area contributed by atoms with Gasteiger partial charge in [0.2, 0.25) is 0 Å². The Morgan fingerprint density at radius 2 is 2.26 bits per heavy atom. The summed E-state index contributed by atoms with van der Waals surface area (Å²) in [6, 6.07) is 2.34. The van der Waals surface area contributed by atoms with Crippen molar-refractivity contribution >= 4 is 5.82 Å². The van der Waals surface area contributed by atoms with E-state index in [9.17, 15) is 0 Å². The number of aryl methyl sites for hydroxylation is 2. The highest BCUT2D eigenvalue weighted by Crippen LogP contribution is 2.31. The molecule has 7 heteroatoms. The second-order valence-corrected chi connectivity index (χ2v) is 6.34. The Morgan fingerprint density at radius 1 is 1.35 bits per heavy atom. The van der Waals surface area contributed by atoms with E-state index in [4.69, 9.17) is 4.74 Å². The standard InChI is InChI=1S/C16H22N6O/c1-3-4-12-7-16(19-11(2)18-12)21-6-5-15-14(9-21)22-13(10-23-15)8-17-20-22/h7-8,14-15H,3-6,9-10H2,1-2H3/t14-,15+/m0/s1. The summed E-state index contributed by atoms with van der Waals surface area (Å²) in [4.78, 5) is 11.5. The SMILES string of the molecule is CCCc1cc(N2CC[C@H]3OCc4cnnn4[C@H]3C2)nc(C)n1. The van der Waals surface area contributed by atoms with Gasteiger partial charge in [0, 0.05) is 24.8 Å². The largest absolute Gasteiger partial charge is 0.370 e. The first-order valence-electron chi connectivity index (χ1n) is 8.34. The molecule has 0 radical (unpaired) electrons. The average Bonchev–Trinajstić information content (AvgIpc) is 3.03. The average molecular weight is 314 g/mol. The highest BCUT2D eigenvalue weighted by Gasteiger charge is 2.36. The molecule has 0 saturated carbocycles. The Kier molecular flexibility index (Phi) is 3.72. The molecule has 2 aliphatic rings. The lowest BCUT2D eigenvalue weighted by atomic mass is 10.0. The molecule has 1 saturated heterocycles. The third kappa shape index (κ3) is 2.69. The molecule has 4 heterocycles. The van der Waals surface area contributed by atoms with Gasteiger partial charge in [0.25, 0.3) is 0 Å². The van der Waals surface area contributed by atoms with Crippen molar-refractivity contribution in [2.75, 3.05) is 18.0 Å². The summed E-state index contributed by atoms with van der Waals surface area (Å²) >= 11 is 0. The van der Waals surface area contributed by atoms with Crippen LogP contribution in [0.4, 0.5) is 5.82 Å². The lowest BCUT2D eigenvalue weighted by molar-refractivity contribution is -0.0373. The zero-order chi connectivity index (χ0) is 15.8. The first-order chi connectivity index (χ1) is 11.2. The molecule has 0 bridgehead atoms. The molecule has 7 nitrogen and oxygen atoms in total. The van der Waals surface area contributed by atoms with Crippen LogP contribution in [0.25, 0.3) is 0 Å². The molecule has 23 heavy (non-hydrogen) atoms. The van der Waals surface area contributed by atoms with Crippen LogP contribution in [0.1, 0.15) is 43.0 Å². The minimum Gasteiger partial charge on any atom is -0.370 e. The molecule has 2 aromatic rings. The molecule has 0 amide bonds. The van der Waals surface area contributed by atoms with Crippen LogP contribution in [-0.2, 0) is 17.8 Å². The fourth-order valence-electron chi connectivity index (χ4n) is 3.55. The van der Waals surface area contributed by atoms with Crippen molar-refractivity contribution in [3.63, 3.8) is 0 Å². The molecule has 2 aliphatic heterocycles. The summed E-state index contributed by atoms with van der Waals surface area (Å²) in [5.41, 5.74) is 2.18. The summed E-state index contributed by atoms with van der Waals surface area (Å²) < 4.78 is 8.01. The molecule has 0 unspecified atom stereocenters. The first kappa shape index (κ1) is 14.6. The topological polar surface area (TPSA) is 69.0 Å². The Balaban J connectivity index is 1.60. The van der Waals surface area contributed by atoms with Gasteiger partial charge in [-0.05, 0) is 19.8 Å². The third-order valence-electron chi connectivity index (χ3n) is 4.64. The van der Waals surface area contributed by atoms with E-state index in [1.165, 1.54) is 0 Å². The number of piperidine rings is 1. The number of rotatable bonds is 3. The second-order valence-electron chi connectivity index (χ2n) is 6.34. The van der Waals surface area contributed by atoms with Crippen molar-refractivity contribution in [1.82, 2.24) is 25.0 Å². The van der Waals surface area contributed by atoms with Crippen molar-refractivity contribution < 1.29 is 4.74 Å². The van der Waals surface area contributed by atoms with Crippen molar-refractivity contribution in [2.45, 2.75) is 51.9 Å². The normalized spacial score (nSPS) is 23.5. The first-order valence-corrected chi connectivity index (χ1v) is 8.34. The van der Waals surface area contributed by atoms with E-state index in [1.54, 1.807) is 6.20 Å². The molecule has 1 fully saturated rings. The van der Waals surface area contributed by atoms with Crippen molar-refractivity contribution in [3.8, 4) is 0 Å². The molecule has 0 spiro atoms. The van der Waals surface area contributed by atoms with E-state index in [1.807, 2.05) is 11.6 Å². The quantitative estimate of drug-likeness (QED) is 0.858. The van der Waals surface area contributed by atoms with E-state index in [2.05, 4.69) is 38.2 Å². The van der Waals surface area contributed by atoms with Gasteiger partial charge < -0.3 is 9.64 Å². The van der Waals surface area contributed by atoms with E-state index in [0.717, 1.165) is 55.4 Å². The molecular formula is C16H22N6O. The molecule has 0 N–H and O–H groups in total. The number of fused-ring (bicyclic) bond motifs is 3. The molecule has 2 atom stereocenters. The third-order valence-corrected chi connectivity index (χ3v) is 4.64. The maximum Gasteiger partial charge on any atom is 0.132 e. The molecule has 0 aromatic carbocycles. The van der Waals surface area contributed by atoms with Crippen molar-refractivity contribution in [3.05, 3.63) is 29.5 Å². The molecule has 4 rings (SSSR count). The van der Waals surface area contributed by atoms with Gasteiger partial charge in [-0.15, -0.1) is 5.10 Å². The van der Waals surface area contributed by atoms with Gasteiger partial charge in [-0.3, -0.25) is 0 Å². The summed E-state index contributed by atoms with van der Waals surface area (Å²) in [5.74, 6) is 1.86. The highest BCUT2D eigenvalue weighted by atomic mass is 16.5. The zero-order valence-electron chi connectivity index (χ0n) is 13.6. The second kappa shape index (κ2) is 5.88. The van der Waals surface area contributed by atoms with Crippen LogP contribution in [0.5, 0.6) is 0 Å². The van der Waals surface area contributed by atoms with Crippen LogP contribution in [0.2, 0.25) is 0 Å². The van der Waals surface area contributed by atoms with E-state index in [0.29, 0.717) is 6.61 Å². The fraction of sp³-hybridized carbons (Fsp3) is 0.625. The van der Waals surface area contributed by atoms with Gasteiger partial charge in [0.1, 0.15) is 11.6 Å². The van der Waals surface area contributed by atoms with Gasteiger partial charge in [0.15, 0.2) is 0 Å². The predicted octanol–water partition coefficient (Wildman–Crippen LogP) is 1.68. The number of ether oxygens (including phenoxy) is 1. The minimum absolute atomic E-state index is 0.208. The summed E-state index contributed by atoms with van der Waals surface area (Å²) in [5, 5.41) is 8.30. The van der Waals surface area contributed by atoms with Crippen LogP contribution >= 0.6 is 0 Å². The lowest BCUT2D eigenvalue weighted by Gasteiger charge is -2.41. The van der Waals surface area contributed by atoms with Gasteiger partial charge in [0.05, 0.1) is 30.6 Å². The Hall–Kier alpha value is -2.02. The molecular weight excluding hydrogens is 292 g/mol. The van der Waals surface area contributed by atoms with Crippen LogP contribution in [0.15, 0.2) is 12.3 Å². The van der Waals surface area contributed by atoms with Crippen molar-refractivity contribution in [2.24, 2.45) is 0 Å². The van der Waals surface area contributed by atoms with Gasteiger partial charge in [-0.25, -0.2) is 14.6 Å². The summed E-state index contributed by atoms with van der Waals surface area (Å²) in [6.07, 6.45) is 5.08. The molecule has 2 aromatic heterocycles. The van der Waals surface area contributed by atoms with Crippen LogP contribution in [0.3, 0.4) is 0 Å². The fourth-order valence-corrected chi connectivity index (χ4v) is 3.55. The predicted molar refractivity (Wildman–Crippen MR) is 85.2 cm³/mol. The van der Waals surface area contributed by atoms with Crippen LogP contribution in [-0.4, -0.2) is 44.2 Å².